The number of imidazole rings is 1. The molecule has 0 fully saturated rings. The predicted octanol–water partition coefficient (Wildman–Crippen LogP) is 0.826. The lowest BCUT2D eigenvalue weighted by molar-refractivity contribution is 0.191. The minimum absolute atomic E-state index is 0.303. The van der Waals surface area contributed by atoms with Crippen molar-refractivity contribution in [2.24, 2.45) is 0 Å². The van der Waals surface area contributed by atoms with Gasteiger partial charge in [-0.05, 0) is 13.8 Å². The van der Waals surface area contributed by atoms with Gasteiger partial charge < -0.3 is 9.67 Å². The highest BCUT2D eigenvalue weighted by Crippen LogP contribution is 2.00. The average molecular weight is 154 g/mol. The van der Waals surface area contributed by atoms with Crippen LogP contribution in [0.4, 0.5) is 0 Å². The van der Waals surface area contributed by atoms with Gasteiger partial charge in [0.05, 0.1) is 6.10 Å². The Morgan fingerprint density at radius 1 is 1.73 bits per heavy atom. The summed E-state index contributed by atoms with van der Waals surface area (Å²) in [6.45, 7) is 4.75. The largest absolute Gasteiger partial charge is 0.393 e. The van der Waals surface area contributed by atoms with Crippen LogP contribution in [-0.4, -0.2) is 20.8 Å². The van der Waals surface area contributed by atoms with Gasteiger partial charge in [0.2, 0.25) is 0 Å². The average Bonchev–Trinajstić information content (AvgIpc) is 2.34. The van der Waals surface area contributed by atoms with E-state index in [0.717, 1.165) is 12.4 Å². The van der Waals surface area contributed by atoms with E-state index in [4.69, 9.17) is 5.11 Å². The topological polar surface area (TPSA) is 38.0 Å². The Bertz CT molecular complexity index is 218. The molecular weight excluding hydrogens is 140 g/mol. The number of nitrogens with zero attached hydrogens (tertiary/aromatic N) is 2. The molecule has 11 heavy (non-hydrogen) atoms. The minimum Gasteiger partial charge on any atom is -0.393 e. The molecule has 1 atom stereocenters. The van der Waals surface area contributed by atoms with Crippen molar-refractivity contribution in [3.8, 4) is 0 Å². The van der Waals surface area contributed by atoms with Crippen molar-refractivity contribution >= 4 is 0 Å². The number of aromatic nitrogens is 2. The maximum absolute atomic E-state index is 9.09. The summed E-state index contributed by atoms with van der Waals surface area (Å²) in [5, 5.41) is 9.09. The zero-order chi connectivity index (χ0) is 8.27. The Morgan fingerprint density at radius 2 is 2.45 bits per heavy atom. The summed E-state index contributed by atoms with van der Waals surface area (Å²) in [6, 6.07) is 0. The Kier molecular flexibility index (Phi) is 2.65. The quantitative estimate of drug-likeness (QED) is 0.700. The van der Waals surface area contributed by atoms with Crippen LogP contribution in [0.3, 0.4) is 0 Å². The van der Waals surface area contributed by atoms with Crippen LogP contribution in [-0.2, 0) is 13.0 Å². The van der Waals surface area contributed by atoms with Gasteiger partial charge in [0.25, 0.3) is 0 Å². The molecule has 0 aliphatic carbocycles. The maximum atomic E-state index is 9.09. The molecule has 0 saturated carbocycles. The van der Waals surface area contributed by atoms with Crippen LogP contribution in [0.15, 0.2) is 12.4 Å². The summed E-state index contributed by atoms with van der Waals surface area (Å²) in [4.78, 5) is 4.13. The van der Waals surface area contributed by atoms with Gasteiger partial charge in [-0.25, -0.2) is 4.98 Å². The first-order valence-corrected chi connectivity index (χ1v) is 3.92. The van der Waals surface area contributed by atoms with Gasteiger partial charge in [0, 0.05) is 25.4 Å². The number of aliphatic hydroxyl groups is 1. The molecule has 1 aromatic rings. The maximum Gasteiger partial charge on any atom is 0.111 e. The number of hydrogen-bond acceptors (Lipinski definition) is 2. The molecule has 0 spiro atoms. The zero-order valence-corrected chi connectivity index (χ0v) is 6.99. The van der Waals surface area contributed by atoms with E-state index in [2.05, 4.69) is 11.9 Å². The molecule has 0 saturated heterocycles. The summed E-state index contributed by atoms with van der Waals surface area (Å²) in [5.41, 5.74) is 0. The number of rotatable bonds is 3. The molecule has 0 amide bonds. The minimum atomic E-state index is -0.303. The molecule has 0 aromatic carbocycles. The molecule has 1 heterocycles. The molecule has 0 aliphatic heterocycles. The molecule has 0 aliphatic rings. The molecule has 1 N–H and O–H groups in total. The van der Waals surface area contributed by atoms with Crippen LogP contribution in [0.2, 0.25) is 0 Å². The van der Waals surface area contributed by atoms with Crippen molar-refractivity contribution in [3.05, 3.63) is 18.2 Å². The third-order valence-corrected chi connectivity index (χ3v) is 1.62. The highest BCUT2D eigenvalue weighted by Gasteiger charge is 2.03. The van der Waals surface area contributed by atoms with E-state index in [1.807, 2.05) is 10.8 Å². The second-order valence-electron chi connectivity index (χ2n) is 2.68. The third kappa shape index (κ3) is 2.05. The summed E-state index contributed by atoms with van der Waals surface area (Å²) in [7, 11) is 0. The van der Waals surface area contributed by atoms with Crippen molar-refractivity contribution in [2.75, 3.05) is 0 Å². The van der Waals surface area contributed by atoms with Crippen molar-refractivity contribution in [1.82, 2.24) is 9.55 Å². The monoisotopic (exact) mass is 154 g/mol. The summed E-state index contributed by atoms with van der Waals surface area (Å²) >= 11 is 0. The standard InChI is InChI=1S/C8H14N2O/c1-3-10-5-4-9-8(10)6-7(2)11/h4-5,7,11H,3,6H2,1-2H3/t7-/m0/s1. The molecule has 1 rings (SSSR count). The summed E-state index contributed by atoms with van der Waals surface area (Å²) in [5.74, 6) is 0.961. The van der Waals surface area contributed by atoms with E-state index < -0.39 is 0 Å². The van der Waals surface area contributed by atoms with Gasteiger partial charge in [-0.1, -0.05) is 0 Å². The first-order valence-electron chi connectivity index (χ1n) is 3.92. The molecule has 0 unspecified atom stereocenters. The van der Waals surface area contributed by atoms with Crippen LogP contribution < -0.4 is 0 Å². The van der Waals surface area contributed by atoms with Crippen LogP contribution in [0.25, 0.3) is 0 Å². The first-order chi connectivity index (χ1) is 5.24. The second-order valence-corrected chi connectivity index (χ2v) is 2.68. The number of aliphatic hydroxyl groups excluding tert-OH is 1. The molecule has 0 bridgehead atoms. The Balaban J connectivity index is 2.68. The predicted molar refractivity (Wildman–Crippen MR) is 43.3 cm³/mol. The van der Waals surface area contributed by atoms with Crippen LogP contribution in [0, 0.1) is 0 Å². The van der Waals surface area contributed by atoms with Crippen LogP contribution >= 0.6 is 0 Å². The van der Waals surface area contributed by atoms with E-state index in [1.165, 1.54) is 0 Å². The first kappa shape index (κ1) is 8.27. The van der Waals surface area contributed by atoms with Crippen molar-refractivity contribution in [2.45, 2.75) is 32.9 Å². The van der Waals surface area contributed by atoms with Gasteiger partial charge >= 0.3 is 0 Å². The van der Waals surface area contributed by atoms with E-state index in [9.17, 15) is 0 Å². The van der Waals surface area contributed by atoms with Gasteiger partial charge in [0.1, 0.15) is 5.82 Å². The number of hydrogen-bond donors (Lipinski definition) is 1. The lowest BCUT2D eigenvalue weighted by Crippen LogP contribution is -2.10. The molecule has 3 heteroatoms. The van der Waals surface area contributed by atoms with Gasteiger partial charge in [0.15, 0.2) is 0 Å². The van der Waals surface area contributed by atoms with Crippen molar-refractivity contribution in [1.29, 1.82) is 0 Å². The Morgan fingerprint density at radius 3 is 3.00 bits per heavy atom. The van der Waals surface area contributed by atoms with Crippen molar-refractivity contribution in [3.63, 3.8) is 0 Å². The second kappa shape index (κ2) is 3.53. The molecule has 3 nitrogen and oxygen atoms in total. The molecule has 62 valence electrons. The van der Waals surface area contributed by atoms with Crippen molar-refractivity contribution < 1.29 is 5.11 Å². The molecule has 0 radical (unpaired) electrons. The molecular formula is C8H14N2O. The smallest absolute Gasteiger partial charge is 0.111 e. The highest BCUT2D eigenvalue weighted by molar-refractivity contribution is 4.93. The molecule has 1 aromatic heterocycles. The van der Waals surface area contributed by atoms with Gasteiger partial charge in [-0.2, -0.15) is 0 Å². The Hall–Kier alpha value is -0.830. The fourth-order valence-corrected chi connectivity index (χ4v) is 1.08. The Labute approximate surface area is 66.7 Å². The SMILES string of the molecule is CCn1ccnc1C[C@H](C)O. The summed E-state index contributed by atoms with van der Waals surface area (Å²) < 4.78 is 2.03. The number of aryl methyl sites for hydroxylation is 1. The van der Waals surface area contributed by atoms with Gasteiger partial charge in [-0.15, -0.1) is 0 Å². The normalized spacial score (nSPS) is 13.4. The van der Waals surface area contributed by atoms with Crippen LogP contribution in [0.5, 0.6) is 0 Å². The highest BCUT2D eigenvalue weighted by atomic mass is 16.3. The van der Waals surface area contributed by atoms with E-state index >= 15 is 0 Å². The lowest BCUT2D eigenvalue weighted by Gasteiger charge is -2.05. The third-order valence-electron chi connectivity index (χ3n) is 1.62. The van der Waals surface area contributed by atoms with Crippen LogP contribution in [0.1, 0.15) is 19.7 Å². The zero-order valence-electron chi connectivity index (χ0n) is 6.99. The lowest BCUT2D eigenvalue weighted by atomic mass is 10.3. The fourth-order valence-electron chi connectivity index (χ4n) is 1.08. The van der Waals surface area contributed by atoms with E-state index in [0.29, 0.717) is 6.42 Å². The summed E-state index contributed by atoms with van der Waals surface area (Å²) in [6.07, 6.45) is 4.03. The van der Waals surface area contributed by atoms with Gasteiger partial charge in [-0.3, -0.25) is 0 Å². The fraction of sp³-hybridized carbons (Fsp3) is 0.625. The van der Waals surface area contributed by atoms with E-state index in [1.54, 1.807) is 13.1 Å². The van der Waals surface area contributed by atoms with E-state index in [-0.39, 0.29) is 6.10 Å².